The Balaban J connectivity index is 2.34. The van der Waals surface area contributed by atoms with E-state index in [1.54, 1.807) is 0 Å². The molecule has 1 aliphatic rings. The van der Waals surface area contributed by atoms with E-state index < -0.39 is 0 Å². The van der Waals surface area contributed by atoms with Gasteiger partial charge in [-0.2, -0.15) is 0 Å². The molecule has 1 heterocycles. The smallest absolute Gasteiger partial charge is 0.0753 e. The minimum Gasteiger partial charge on any atom is -0.373 e. The third-order valence-electron chi connectivity index (χ3n) is 2.48. The van der Waals surface area contributed by atoms with Crippen molar-refractivity contribution in [1.29, 1.82) is 0 Å². The van der Waals surface area contributed by atoms with Crippen LogP contribution in [0.2, 0.25) is 0 Å². The average Bonchev–Trinajstić information content (AvgIpc) is 2.02. The molecule has 13 heavy (non-hydrogen) atoms. The molecule has 1 saturated heterocycles. The van der Waals surface area contributed by atoms with Crippen LogP contribution in [0.4, 0.5) is 0 Å². The Bertz CT molecular complexity index is 159. The van der Waals surface area contributed by atoms with E-state index >= 15 is 0 Å². The van der Waals surface area contributed by atoms with Crippen LogP contribution >= 0.6 is 0 Å². The zero-order chi connectivity index (χ0) is 9.90. The number of nitrogens with two attached hydrogens (primary N) is 1. The summed E-state index contributed by atoms with van der Waals surface area (Å²) in [6.45, 7) is 11.3. The molecule has 0 aromatic rings. The molecular weight excluding hydrogens is 164 g/mol. The molecule has 0 radical (unpaired) electrons. The van der Waals surface area contributed by atoms with Gasteiger partial charge in [0.25, 0.3) is 0 Å². The number of rotatable bonds is 3. The van der Waals surface area contributed by atoms with Gasteiger partial charge in [0, 0.05) is 19.6 Å². The topological polar surface area (TPSA) is 38.5 Å². The summed E-state index contributed by atoms with van der Waals surface area (Å²) in [6.07, 6.45) is 0. The van der Waals surface area contributed by atoms with Crippen molar-refractivity contribution >= 4 is 0 Å². The molecule has 0 aromatic carbocycles. The lowest BCUT2D eigenvalue weighted by Crippen LogP contribution is -2.49. The van der Waals surface area contributed by atoms with Crippen molar-refractivity contribution in [1.82, 2.24) is 4.90 Å². The van der Waals surface area contributed by atoms with Crippen molar-refractivity contribution in [3.63, 3.8) is 0 Å². The minimum atomic E-state index is 0.0204. The summed E-state index contributed by atoms with van der Waals surface area (Å²) >= 11 is 0. The molecule has 0 amide bonds. The van der Waals surface area contributed by atoms with E-state index in [2.05, 4.69) is 25.7 Å². The number of hydrogen-bond acceptors (Lipinski definition) is 3. The third-order valence-corrected chi connectivity index (χ3v) is 2.48. The Labute approximate surface area is 81.2 Å². The molecule has 0 saturated carbocycles. The van der Waals surface area contributed by atoms with Gasteiger partial charge in [0.15, 0.2) is 0 Å². The first-order chi connectivity index (χ1) is 6.03. The van der Waals surface area contributed by atoms with Crippen LogP contribution in [0.15, 0.2) is 0 Å². The molecule has 0 aliphatic carbocycles. The van der Waals surface area contributed by atoms with Gasteiger partial charge in [0.05, 0.1) is 12.2 Å². The van der Waals surface area contributed by atoms with Crippen LogP contribution in [-0.2, 0) is 4.74 Å². The van der Waals surface area contributed by atoms with Crippen LogP contribution in [0.3, 0.4) is 0 Å². The molecule has 0 spiro atoms. The summed E-state index contributed by atoms with van der Waals surface area (Å²) in [5.74, 6) is 0.592. The second kappa shape index (κ2) is 4.40. The van der Waals surface area contributed by atoms with Crippen LogP contribution in [0.5, 0.6) is 0 Å². The molecule has 78 valence electrons. The zero-order valence-corrected chi connectivity index (χ0v) is 9.05. The molecule has 1 fully saturated rings. The fourth-order valence-electron chi connectivity index (χ4n) is 1.79. The minimum absolute atomic E-state index is 0.0204. The predicted octanol–water partition coefficient (Wildman–Crippen LogP) is 0.692. The zero-order valence-electron chi connectivity index (χ0n) is 9.05. The van der Waals surface area contributed by atoms with E-state index in [1.807, 2.05) is 0 Å². The lowest BCUT2D eigenvalue weighted by molar-refractivity contribution is -0.0883. The van der Waals surface area contributed by atoms with Gasteiger partial charge in [0.2, 0.25) is 0 Å². The van der Waals surface area contributed by atoms with Crippen molar-refractivity contribution in [2.75, 3.05) is 32.8 Å². The van der Waals surface area contributed by atoms with Gasteiger partial charge in [-0.3, -0.25) is 4.90 Å². The molecule has 0 bridgehead atoms. The molecule has 3 nitrogen and oxygen atoms in total. The van der Waals surface area contributed by atoms with Crippen LogP contribution < -0.4 is 5.73 Å². The maximum Gasteiger partial charge on any atom is 0.0753 e. The average molecular weight is 186 g/mol. The summed E-state index contributed by atoms with van der Waals surface area (Å²) < 4.78 is 5.64. The molecule has 1 atom stereocenters. The number of morpholine rings is 1. The molecule has 0 aromatic heterocycles. The standard InChI is InChI=1S/C10H22N2O/c1-9(6-11)7-12-4-5-13-10(2,3)8-12/h9H,4-8,11H2,1-3H3. The SMILES string of the molecule is CC(CN)CN1CCOC(C)(C)C1. The quantitative estimate of drug-likeness (QED) is 0.705. The van der Waals surface area contributed by atoms with Crippen LogP contribution in [0.25, 0.3) is 0 Å². The van der Waals surface area contributed by atoms with E-state index in [9.17, 15) is 0 Å². The fourth-order valence-corrected chi connectivity index (χ4v) is 1.79. The highest BCUT2D eigenvalue weighted by atomic mass is 16.5. The van der Waals surface area contributed by atoms with Gasteiger partial charge in [-0.15, -0.1) is 0 Å². The lowest BCUT2D eigenvalue weighted by Gasteiger charge is -2.39. The lowest BCUT2D eigenvalue weighted by atomic mass is 10.1. The number of nitrogens with zero attached hydrogens (tertiary/aromatic N) is 1. The first-order valence-electron chi connectivity index (χ1n) is 5.10. The monoisotopic (exact) mass is 186 g/mol. The summed E-state index contributed by atoms with van der Waals surface area (Å²) in [4.78, 5) is 2.45. The molecule has 2 N–H and O–H groups in total. The molecular formula is C10H22N2O. The van der Waals surface area contributed by atoms with E-state index in [0.29, 0.717) is 5.92 Å². The normalized spacial score (nSPS) is 25.8. The second-order valence-corrected chi connectivity index (χ2v) is 4.68. The molecule has 1 aliphatic heterocycles. The summed E-state index contributed by atoms with van der Waals surface area (Å²) in [5.41, 5.74) is 5.62. The van der Waals surface area contributed by atoms with Crippen molar-refractivity contribution < 1.29 is 4.74 Å². The van der Waals surface area contributed by atoms with Gasteiger partial charge in [-0.25, -0.2) is 0 Å². The highest BCUT2D eigenvalue weighted by molar-refractivity contribution is 4.79. The second-order valence-electron chi connectivity index (χ2n) is 4.68. The third kappa shape index (κ3) is 3.63. The van der Waals surface area contributed by atoms with E-state index in [1.165, 1.54) is 0 Å². The van der Waals surface area contributed by atoms with Crippen molar-refractivity contribution in [3.05, 3.63) is 0 Å². The first-order valence-corrected chi connectivity index (χ1v) is 5.10. The van der Waals surface area contributed by atoms with Crippen LogP contribution in [0, 0.1) is 5.92 Å². The molecule has 1 rings (SSSR count). The highest BCUT2D eigenvalue weighted by Crippen LogP contribution is 2.16. The highest BCUT2D eigenvalue weighted by Gasteiger charge is 2.27. The van der Waals surface area contributed by atoms with Gasteiger partial charge in [-0.1, -0.05) is 6.92 Å². The number of hydrogen-bond donors (Lipinski definition) is 1. The van der Waals surface area contributed by atoms with Gasteiger partial charge < -0.3 is 10.5 Å². The van der Waals surface area contributed by atoms with Gasteiger partial charge in [0.1, 0.15) is 0 Å². The number of ether oxygens (including phenoxy) is 1. The fraction of sp³-hybridized carbons (Fsp3) is 1.00. The van der Waals surface area contributed by atoms with Crippen molar-refractivity contribution in [2.45, 2.75) is 26.4 Å². The van der Waals surface area contributed by atoms with Crippen molar-refractivity contribution in [2.24, 2.45) is 11.7 Å². The van der Waals surface area contributed by atoms with E-state index in [0.717, 1.165) is 32.8 Å². The largest absolute Gasteiger partial charge is 0.373 e. The maximum absolute atomic E-state index is 5.64. The Morgan fingerprint density at radius 3 is 2.77 bits per heavy atom. The van der Waals surface area contributed by atoms with Gasteiger partial charge in [-0.05, 0) is 26.3 Å². The van der Waals surface area contributed by atoms with E-state index in [4.69, 9.17) is 10.5 Å². The summed E-state index contributed by atoms with van der Waals surface area (Å²) in [7, 11) is 0. The molecule has 3 heteroatoms. The van der Waals surface area contributed by atoms with Crippen molar-refractivity contribution in [3.8, 4) is 0 Å². The Morgan fingerprint density at radius 2 is 2.23 bits per heavy atom. The van der Waals surface area contributed by atoms with E-state index in [-0.39, 0.29) is 5.60 Å². The Hall–Kier alpha value is -0.120. The summed E-state index contributed by atoms with van der Waals surface area (Å²) in [5, 5.41) is 0. The Kier molecular flexibility index (Phi) is 3.71. The maximum atomic E-state index is 5.64. The first kappa shape index (κ1) is 11.0. The van der Waals surface area contributed by atoms with Crippen LogP contribution in [0.1, 0.15) is 20.8 Å². The predicted molar refractivity (Wildman–Crippen MR) is 54.7 cm³/mol. The summed E-state index contributed by atoms with van der Waals surface area (Å²) in [6, 6.07) is 0. The van der Waals surface area contributed by atoms with Gasteiger partial charge >= 0.3 is 0 Å². The Morgan fingerprint density at radius 1 is 1.54 bits per heavy atom. The van der Waals surface area contributed by atoms with Crippen LogP contribution in [-0.4, -0.2) is 43.3 Å². The molecule has 1 unspecified atom stereocenters.